The summed E-state index contributed by atoms with van der Waals surface area (Å²) < 4.78 is 4.52. The zero-order chi connectivity index (χ0) is 10.3. The molecule has 0 aromatic heterocycles. The normalized spacial score (nSPS) is 12.2. The van der Waals surface area contributed by atoms with Crippen molar-refractivity contribution in [3.8, 4) is 0 Å². The Labute approximate surface area is 76.3 Å². The topological polar surface area (TPSA) is 83.8 Å². The molecule has 5 nitrogen and oxygen atoms in total. The van der Waals surface area contributed by atoms with Gasteiger partial charge in [0.1, 0.15) is 12.2 Å². The SMILES string of the molecule is CCOC(=O)CC(=O)C[C@H](O)CO. The minimum Gasteiger partial charge on any atom is -0.466 e. The summed E-state index contributed by atoms with van der Waals surface area (Å²) in [4.78, 5) is 21.7. The van der Waals surface area contributed by atoms with Crippen LogP contribution in [0.2, 0.25) is 0 Å². The number of carbonyl (C=O) groups is 2. The lowest BCUT2D eigenvalue weighted by molar-refractivity contribution is -0.145. The van der Waals surface area contributed by atoms with E-state index in [2.05, 4.69) is 4.74 Å². The molecule has 0 unspecified atom stereocenters. The quantitative estimate of drug-likeness (QED) is 0.425. The fourth-order valence-electron chi connectivity index (χ4n) is 0.773. The maximum absolute atomic E-state index is 10.9. The van der Waals surface area contributed by atoms with E-state index in [9.17, 15) is 9.59 Å². The highest BCUT2D eigenvalue weighted by Gasteiger charge is 2.14. The molecule has 0 fully saturated rings. The Bertz CT molecular complexity index is 177. The van der Waals surface area contributed by atoms with Crippen LogP contribution < -0.4 is 0 Å². The third kappa shape index (κ3) is 6.24. The van der Waals surface area contributed by atoms with Gasteiger partial charge in [-0.1, -0.05) is 0 Å². The second-order valence-corrected chi connectivity index (χ2v) is 2.56. The molecular weight excluding hydrogens is 176 g/mol. The summed E-state index contributed by atoms with van der Waals surface area (Å²) in [6, 6.07) is 0. The van der Waals surface area contributed by atoms with E-state index in [0.717, 1.165) is 0 Å². The largest absolute Gasteiger partial charge is 0.466 e. The molecule has 0 aromatic carbocycles. The smallest absolute Gasteiger partial charge is 0.313 e. The Balaban J connectivity index is 3.67. The van der Waals surface area contributed by atoms with Gasteiger partial charge in [0.2, 0.25) is 0 Å². The van der Waals surface area contributed by atoms with Gasteiger partial charge in [0.15, 0.2) is 0 Å². The van der Waals surface area contributed by atoms with Crippen molar-refractivity contribution >= 4 is 11.8 Å². The molecule has 0 rings (SSSR count). The Kier molecular flexibility index (Phi) is 6.09. The average Bonchev–Trinajstić information content (AvgIpc) is 2.04. The summed E-state index contributed by atoms with van der Waals surface area (Å²) in [5.74, 6) is -1.03. The molecule has 0 amide bonds. The minimum atomic E-state index is -1.08. The van der Waals surface area contributed by atoms with Gasteiger partial charge in [0.25, 0.3) is 0 Å². The lowest BCUT2D eigenvalue weighted by atomic mass is 10.1. The fraction of sp³-hybridized carbons (Fsp3) is 0.750. The molecule has 0 aliphatic rings. The number of hydrogen-bond acceptors (Lipinski definition) is 5. The van der Waals surface area contributed by atoms with Gasteiger partial charge in [0.05, 0.1) is 19.3 Å². The predicted molar refractivity (Wildman–Crippen MR) is 44.0 cm³/mol. The second kappa shape index (κ2) is 6.56. The number of carbonyl (C=O) groups excluding carboxylic acids is 2. The van der Waals surface area contributed by atoms with Gasteiger partial charge in [-0.05, 0) is 6.92 Å². The molecule has 2 N–H and O–H groups in total. The van der Waals surface area contributed by atoms with E-state index >= 15 is 0 Å². The molecular formula is C8H14O5. The molecule has 0 aliphatic carbocycles. The number of rotatable bonds is 6. The van der Waals surface area contributed by atoms with Crippen molar-refractivity contribution in [2.24, 2.45) is 0 Å². The third-order valence-electron chi connectivity index (χ3n) is 1.32. The summed E-state index contributed by atoms with van der Waals surface area (Å²) in [5, 5.41) is 17.3. The molecule has 1 atom stereocenters. The Morgan fingerprint density at radius 3 is 2.54 bits per heavy atom. The first-order chi connectivity index (χ1) is 6.10. The molecule has 0 heterocycles. The van der Waals surface area contributed by atoms with Gasteiger partial charge < -0.3 is 14.9 Å². The molecule has 0 aromatic rings. The summed E-state index contributed by atoms with van der Waals surface area (Å²) in [6.07, 6.45) is -1.64. The summed E-state index contributed by atoms with van der Waals surface area (Å²) in [7, 11) is 0. The van der Waals surface area contributed by atoms with Crippen LogP contribution in [0, 0.1) is 0 Å². The molecule has 0 saturated carbocycles. The van der Waals surface area contributed by atoms with Crippen LogP contribution >= 0.6 is 0 Å². The van der Waals surface area contributed by atoms with E-state index < -0.39 is 24.5 Å². The lowest BCUT2D eigenvalue weighted by Crippen LogP contribution is -2.20. The molecule has 0 radical (unpaired) electrons. The molecule has 5 heteroatoms. The first kappa shape index (κ1) is 12.1. The first-order valence-electron chi connectivity index (χ1n) is 4.06. The van der Waals surface area contributed by atoms with Crippen LogP contribution in [0.15, 0.2) is 0 Å². The van der Waals surface area contributed by atoms with Crippen molar-refractivity contribution < 1.29 is 24.5 Å². The molecule has 0 saturated heterocycles. The van der Waals surface area contributed by atoms with E-state index in [1.54, 1.807) is 6.92 Å². The minimum absolute atomic E-state index is 0.213. The van der Waals surface area contributed by atoms with Gasteiger partial charge >= 0.3 is 5.97 Å². The fourth-order valence-corrected chi connectivity index (χ4v) is 0.773. The zero-order valence-corrected chi connectivity index (χ0v) is 7.52. The van der Waals surface area contributed by atoms with Crippen molar-refractivity contribution in [1.29, 1.82) is 0 Å². The van der Waals surface area contributed by atoms with Crippen LogP contribution in [0.5, 0.6) is 0 Å². The van der Waals surface area contributed by atoms with Crippen molar-refractivity contribution in [1.82, 2.24) is 0 Å². The first-order valence-corrected chi connectivity index (χ1v) is 4.06. The molecule has 0 bridgehead atoms. The highest BCUT2D eigenvalue weighted by Crippen LogP contribution is 1.97. The maximum Gasteiger partial charge on any atom is 0.313 e. The second-order valence-electron chi connectivity index (χ2n) is 2.56. The van der Waals surface area contributed by atoms with Crippen LogP contribution in [-0.2, 0) is 14.3 Å². The zero-order valence-electron chi connectivity index (χ0n) is 7.52. The van der Waals surface area contributed by atoms with E-state index in [1.165, 1.54) is 0 Å². The summed E-state index contributed by atoms with van der Waals surface area (Å²) in [5.41, 5.74) is 0. The Morgan fingerprint density at radius 2 is 2.08 bits per heavy atom. The van der Waals surface area contributed by atoms with Crippen molar-refractivity contribution in [3.05, 3.63) is 0 Å². The number of hydrogen-bond donors (Lipinski definition) is 2. The number of aliphatic hydroxyl groups excluding tert-OH is 2. The van der Waals surface area contributed by atoms with Gasteiger partial charge in [0, 0.05) is 6.42 Å². The van der Waals surface area contributed by atoms with Crippen molar-refractivity contribution in [3.63, 3.8) is 0 Å². The van der Waals surface area contributed by atoms with E-state index in [1.807, 2.05) is 0 Å². The number of ether oxygens (including phenoxy) is 1. The van der Waals surface area contributed by atoms with Crippen LogP contribution in [0.4, 0.5) is 0 Å². The van der Waals surface area contributed by atoms with Gasteiger partial charge in [-0.15, -0.1) is 0 Å². The predicted octanol–water partition coefficient (Wildman–Crippen LogP) is -0.748. The number of aliphatic hydroxyl groups is 2. The molecule has 0 spiro atoms. The number of ketones is 1. The molecule has 13 heavy (non-hydrogen) atoms. The highest BCUT2D eigenvalue weighted by atomic mass is 16.5. The van der Waals surface area contributed by atoms with E-state index in [-0.39, 0.29) is 19.4 Å². The molecule has 0 aliphatic heterocycles. The van der Waals surface area contributed by atoms with Gasteiger partial charge in [-0.2, -0.15) is 0 Å². The van der Waals surface area contributed by atoms with E-state index in [0.29, 0.717) is 0 Å². The van der Waals surface area contributed by atoms with E-state index in [4.69, 9.17) is 10.2 Å². The summed E-state index contributed by atoms with van der Waals surface area (Å²) >= 11 is 0. The monoisotopic (exact) mass is 190 g/mol. The Hall–Kier alpha value is -0.940. The van der Waals surface area contributed by atoms with Crippen LogP contribution in [0.1, 0.15) is 19.8 Å². The summed E-state index contributed by atoms with van der Waals surface area (Å²) in [6.45, 7) is 1.40. The van der Waals surface area contributed by atoms with Crippen molar-refractivity contribution in [2.75, 3.05) is 13.2 Å². The van der Waals surface area contributed by atoms with Crippen LogP contribution in [0.3, 0.4) is 0 Å². The lowest BCUT2D eigenvalue weighted by Gasteiger charge is -2.05. The van der Waals surface area contributed by atoms with Gasteiger partial charge in [-0.25, -0.2) is 0 Å². The Morgan fingerprint density at radius 1 is 1.46 bits per heavy atom. The number of esters is 1. The number of Topliss-reactive ketones (excluding diaryl/α,β-unsaturated/α-hetero) is 1. The van der Waals surface area contributed by atoms with Gasteiger partial charge in [-0.3, -0.25) is 9.59 Å². The highest BCUT2D eigenvalue weighted by molar-refractivity contribution is 5.95. The molecule has 76 valence electrons. The van der Waals surface area contributed by atoms with Crippen LogP contribution in [-0.4, -0.2) is 41.3 Å². The van der Waals surface area contributed by atoms with Crippen LogP contribution in [0.25, 0.3) is 0 Å². The standard InChI is InChI=1S/C8H14O5/c1-2-13-8(12)4-6(10)3-7(11)5-9/h7,9,11H,2-5H2,1H3/t7-/m0/s1. The third-order valence-corrected chi connectivity index (χ3v) is 1.32. The average molecular weight is 190 g/mol. The maximum atomic E-state index is 10.9. The van der Waals surface area contributed by atoms with Crippen molar-refractivity contribution in [2.45, 2.75) is 25.9 Å².